The van der Waals surface area contributed by atoms with Crippen molar-refractivity contribution in [2.75, 3.05) is 9.62 Å². The molecule has 146 valence electrons. The van der Waals surface area contributed by atoms with Crippen LogP contribution >= 0.6 is 0 Å². The third-order valence-corrected chi connectivity index (χ3v) is 6.41. The molecule has 1 aliphatic rings. The number of hydrogen-bond acceptors (Lipinski definition) is 5. The fourth-order valence-corrected chi connectivity index (χ4v) is 4.92. The van der Waals surface area contributed by atoms with E-state index in [2.05, 4.69) is 14.8 Å². The van der Waals surface area contributed by atoms with E-state index < -0.39 is 10.0 Å². The topological polar surface area (TPSA) is 97.2 Å². The fraction of sp³-hybridized carbons (Fsp3) is 0.316. The van der Waals surface area contributed by atoms with Crippen molar-refractivity contribution in [1.29, 1.82) is 0 Å². The number of pyridine rings is 1. The second-order valence-corrected chi connectivity index (χ2v) is 8.82. The highest BCUT2D eigenvalue weighted by Gasteiger charge is 2.30. The van der Waals surface area contributed by atoms with E-state index in [0.717, 1.165) is 22.3 Å². The van der Waals surface area contributed by atoms with Gasteiger partial charge in [-0.1, -0.05) is 0 Å². The molecule has 0 saturated heterocycles. The second-order valence-electron chi connectivity index (χ2n) is 7.14. The Labute approximate surface area is 163 Å². The van der Waals surface area contributed by atoms with Crippen LogP contribution in [0.1, 0.15) is 25.1 Å². The highest BCUT2D eigenvalue weighted by Crippen LogP contribution is 2.34. The van der Waals surface area contributed by atoms with E-state index in [0.29, 0.717) is 17.8 Å². The zero-order chi connectivity index (χ0) is 20.2. The first-order valence-corrected chi connectivity index (χ1v) is 10.4. The lowest BCUT2D eigenvalue weighted by Crippen LogP contribution is -2.33. The standard InChI is InChI=1S/C19H21N5O3S/c1-11-7-14-8-16(5-6-18(14)24(11)13(3)25)28(26,27)22-15-9-17-12(2)21-23(4)19(17)20-10-15/h5-6,8-11,22H,7H2,1-4H3. The molecule has 1 unspecified atom stereocenters. The lowest BCUT2D eigenvalue weighted by molar-refractivity contribution is -0.116. The van der Waals surface area contributed by atoms with Crippen molar-refractivity contribution in [3.63, 3.8) is 0 Å². The van der Waals surface area contributed by atoms with E-state index in [1.165, 1.54) is 19.2 Å². The molecule has 1 aromatic carbocycles. The number of fused-ring (bicyclic) bond motifs is 2. The van der Waals surface area contributed by atoms with Gasteiger partial charge in [-0.3, -0.25) is 14.2 Å². The summed E-state index contributed by atoms with van der Waals surface area (Å²) in [5, 5.41) is 5.09. The van der Waals surface area contributed by atoms with Crippen LogP contribution < -0.4 is 9.62 Å². The quantitative estimate of drug-likeness (QED) is 0.729. The molecule has 1 aliphatic heterocycles. The van der Waals surface area contributed by atoms with Gasteiger partial charge in [-0.2, -0.15) is 5.10 Å². The first kappa shape index (κ1) is 18.4. The Kier molecular flexibility index (Phi) is 4.15. The molecule has 0 spiro atoms. The zero-order valence-electron chi connectivity index (χ0n) is 16.1. The van der Waals surface area contributed by atoms with Crippen LogP contribution in [-0.2, 0) is 28.3 Å². The lowest BCUT2D eigenvalue weighted by atomic mass is 10.1. The van der Waals surface area contributed by atoms with Crippen molar-refractivity contribution in [2.45, 2.75) is 38.1 Å². The SMILES string of the molecule is CC(=O)N1c2ccc(S(=O)(=O)Nc3cnc4c(c3)c(C)nn4C)cc2CC1C. The summed E-state index contributed by atoms with van der Waals surface area (Å²) in [7, 11) is -1.99. The number of benzene rings is 1. The Balaban J connectivity index is 1.67. The first-order valence-electron chi connectivity index (χ1n) is 8.92. The van der Waals surface area contributed by atoms with E-state index in [4.69, 9.17) is 0 Å². The Morgan fingerprint density at radius 3 is 2.75 bits per heavy atom. The van der Waals surface area contributed by atoms with Crippen molar-refractivity contribution >= 4 is 38.3 Å². The molecule has 0 bridgehead atoms. The van der Waals surface area contributed by atoms with Crippen LogP contribution in [0.5, 0.6) is 0 Å². The Morgan fingerprint density at radius 2 is 2.04 bits per heavy atom. The maximum atomic E-state index is 12.9. The number of sulfonamides is 1. The third-order valence-electron chi connectivity index (χ3n) is 5.03. The normalized spacial score (nSPS) is 16.4. The van der Waals surface area contributed by atoms with Crippen LogP contribution in [0, 0.1) is 6.92 Å². The average Bonchev–Trinajstić information content (AvgIpc) is 3.09. The summed E-state index contributed by atoms with van der Waals surface area (Å²) < 4.78 is 30.0. The van der Waals surface area contributed by atoms with Gasteiger partial charge in [-0.15, -0.1) is 0 Å². The maximum Gasteiger partial charge on any atom is 0.261 e. The molecule has 1 N–H and O–H groups in total. The van der Waals surface area contributed by atoms with Crippen LogP contribution in [0.15, 0.2) is 35.4 Å². The third kappa shape index (κ3) is 2.91. The summed E-state index contributed by atoms with van der Waals surface area (Å²) in [5.74, 6) is -0.0498. The molecule has 1 atom stereocenters. The summed E-state index contributed by atoms with van der Waals surface area (Å²) in [6, 6.07) is 6.60. The van der Waals surface area contributed by atoms with E-state index >= 15 is 0 Å². The number of anilines is 2. The smallest absolute Gasteiger partial charge is 0.261 e. The van der Waals surface area contributed by atoms with Crippen LogP contribution in [0.2, 0.25) is 0 Å². The van der Waals surface area contributed by atoms with E-state index in [1.54, 1.807) is 34.8 Å². The van der Waals surface area contributed by atoms with Gasteiger partial charge in [0.15, 0.2) is 5.65 Å². The lowest BCUT2D eigenvalue weighted by Gasteiger charge is -2.20. The Morgan fingerprint density at radius 1 is 1.29 bits per heavy atom. The number of aryl methyl sites for hydroxylation is 2. The van der Waals surface area contributed by atoms with Crippen molar-refractivity contribution in [2.24, 2.45) is 7.05 Å². The van der Waals surface area contributed by atoms with E-state index in [-0.39, 0.29) is 16.8 Å². The fourth-order valence-electron chi connectivity index (χ4n) is 3.83. The number of rotatable bonds is 3. The van der Waals surface area contributed by atoms with Gasteiger partial charge in [0, 0.05) is 31.1 Å². The minimum absolute atomic E-state index is 0.0126. The van der Waals surface area contributed by atoms with Gasteiger partial charge in [0.1, 0.15) is 0 Å². The zero-order valence-corrected chi connectivity index (χ0v) is 16.9. The minimum Gasteiger partial charge on any atom is -0.309 e. The molecule has 28 heavy (non-hydrogen) atoms. The summed E-state index contributed by atoms with van der Waals surface area (Å²) in [6.45, 7) is 5.32. The second kappa shape index (κ2) is 6.30. The number of aromatic nitrogens is 3. The van der Waals surface area contributed by atoms with E-state index in [9.17, 15) is 13.2 Å². The highest BCUT2D eigenvalue weighted by atomic mass is 32.2. The predicted molar refractivity (Wildman–Crippen MR) is 107 cm³/mol. The van der Waals surface area contributed by atoms with Gasteiger partial charge in [-0.25, -0.2) is 13.4 Å². The Hall–Kier alpha value is -2.94. The average molecular weight is 399 g/mol. The van der Waals surface area contributed by atoms with Crippen molar-refractivity contribution in [3.8, 4) is 0 Å². The summed E-state index contributed by atoms with van der Waals surface area (Å²) >= 11 is 0. The molecule has 3 heterocycles. The summed E-state index contributed by atoms with van der Waals surface area (Å²) in [5.41, 5.74) is 3.47. The molecule has 2 aromatic heterocycles. The van der Waals surface area contributed by atoms with Gasteiger partial charge < -0.3 is 4.90 Å². The molecule has 8 nitrogen and oxygen atoms in total. The molecule has 0 radical (unpaired) electrons. The molecule has 0 aliphatic carbocycles. The van der Waals surface area contributed by atoms with Gasteiger partial charge in [0.05, 0.1) is 22.5 Å². The largest absolute Gasteiger partial charge is 0.309 e. The predicted octanol–water partition coefficient (Wildman–Crippen LogP) is 2.38. The van der Waals surface area contributed by atoms with Gasteiger partial charge in [-0.05, 0) is 50.1 Å². The highest BCUT2D eigenvalue weighted by molar-refractivity contribution is 7.92. The monoisotopic (exact) mass is 399 g/mol. The van der Waals surface area contributed by atoms with Gasteiger partial charge in [0.25, 0.3) is 10.0 Å². The van der Waals surface area contributed by atoms with Crippen LogP contribution in [0.4, 0.5) is 11.4 Å². The number of nitrogens with zero attached hydrogens (tertiary/aromatic N) is 4. The minimum atomic E-state index is -3.79. The summed E-state index contributed by atoms with van der Waals surface area (Å²) in [4.78, 5) is 18.0. The molecule has 3 aromatic rings. The molecule has 0 saturated carbocycles. The van der Waals surface area contributed by atoms with Crippen LogP contribution in [0.3, 0.4) is 0 Å². The van der Waals surface area contributed by atoms with Crippen molar-refractivity contribution in [1.82, 2.24) is 14.8 Å². The molecule has 0 fully saturated rings. The van der Waals surface area contributed by atoms with Gasteiger partial charge in [0.2, 0.25) is 5.91 Å². The number of nitrogens with one attached hydrogen (secondary N) is 1. The van der Waals surface area contributed by atoms with Crippen molar-refractivity contribution in [3.05, 3.63) is 41.7 Å². The molecular formula is C19H21N5O3S. The van der Waals surface area contributed by atoms with Crippen molar-refractivity contribution < 1.29 is 13.2 Å². The Bertz CT molecular complexity index is 1220. The number of carbonyl (C=O) groups is 1. The van der Waals surface area contributed by atoms with Crippen LogP contribution in [0.25, 0.3) is 11.0 Å². The van der Waals surface area contributed by atoms with Crippen LogP contribution in [-0.4, -0.2) is 35.1 Å². The van der Waals surface area contributed by atoms with Gasteiger partial charge >= 0.3 is 0 Å². The first-order chi connectivity index (χ1) is 13.2. The maximum absolute atomic E-state index is 12.9. The number of amides is 1. The molecule has 4 rings (SSSR count). The molecular weight excluding hydrogens is 378 g/mol. The number of carbonyl (C=O) groups excluding carboxylic acids is 1. The summed E-state index contributed by atoms with van der Waals surface area (Å²) in [6.07, 6.45) is 2.11. The number of hydrogen-bond donors (Lipinski definition) is 1. The van der Waals surface area contributed by atoms with E-state index in [1.807, 2.05) is 13.8 Å². The molecule has 1 amide bonds. The molecule has 9 heteroatoms.